The van der Waals surface area contributed by atoms with Crippen LogP contribution in [0.5, 0.6) is 0 Å². The molecule has 8 heteroatoms. The quantitative estimate of drug-likeness (QED) is 0.678. The Labute approximate surface area is 121 Å². The van der Waals surface area contributed by atoms with Gasteiger partial charge in [0.05, 0.1) is 4.92 Å². The largest absolute Gasteiger partial charge is 0.338 e. The maximum absolute atomic E-state index is 13.2. The number of amides is 1. The highest BCUT2D eigenvalue weighted by atomic mass is 35.5. The van der Waals surface area contributed by atoms with Crippen molar-refractivity contribution in [2.75, 3.05) is 19.6 Å². The van der Waals surface area contributed by atoms with E-state index in [4.69, 9.17) is 5.73 Å². The smallest absolute Gasteiger partial charge is 0.282 e. The fourth-order valence-corrected chi connectivity index (χ4v) is 2.22. The Hall–Kier alpha value is -1.73. The Balaban J connectivity index is 0.00000200. The number of carbonyl (C=O) groups is 1. The minimum Gasteiger partial charge on any atom is -0.338 e. The molecule has 1 aromatic carbocycles. The highest BCUT2D eigenvalue weighted by Gasteiger charge is 2.30. The van der Waals surface area contributed by atoms with Gasteiger partial charge < -0.3 is 10.6 Å². The highest BCUT2D eigenvalue weighted by molar-refractivity contribution is 5.98. The van der Waals surface area contributed by atoms with Gasteiger partial charge >= 0.3 is 0 Å². The lowest BCUT2D eigenvalue weighted by molar-refractivity contribution is -0.385. The monoisotopic (exact) mass is 303 g/mol. The first-order valence-electron chi connectivity index (χ1n) is 5.96. The van der Waals surface area contributed by atoms with E-state index in [1.54, 1.807) is 0 Å². The third-order valence-corrected chi connectivity index (χ3v) is 3.29. The van der Waals surface area contributed by atoms with E-state index >= 15 is 0 Å². The van der Waals surface area contributed by atoms with Crippen LogP contribution >= 0.6 is 12.4 Å². The van der Waals surface area contributed by atoms with Gasteiger partial charge in [0.25, 0.3) is 11.6 Å². The molecular weight excluding hydrogens is 289 g/mol. The summed E-state index contributed by atoms with van der Waals surface area (Å²) < 4.78 is 13.2. The Morgan fingerprint density at radius 3 is 2.80 bits per heavy atom. The molecule has 1 aliphatic heterocycles. The maximum atomic E-state index is 13.2. The zero-order valence-corrected chi connectivity index (χ0v) is 11.4. The predicted molar refractivity (Wildman–Crippen MR) is 73.4 cm³/mol. The number of nitrogens with zero attached hydrogens (tertiary/aromatic N) is 2. The van der Waals surface area contributed by atoms with Crippen molar-refractivity contribution >= 4 is 24.0 Å². The number of benzene rings is 1. The molecule has 110 valence electrons. The van der Waals surface area contributed by atoms with Crippen molar-refractivity contribution in [1.29, 1.82) is 0 Å². The fourth-order valence-electron chi connectivity index (χ4n) is 2.22. The van der Waals surface area contributed by atoms with E-state index in [9.17, 15) is 19.3 Å². The molecule has 6 nitrogen and oxygen atoms in total. The van der Waals surface area contributed by atoms with Gasteiger partial charge in [-0.2, -0.15) is 0 Å². The Kier molecular flexibility index (Phi) is 5.41. The lowest BCUT2D eigenvalue weighted by Crippen LogP contribution is -2.30. The number of nitrogens with two attached hydrogens (primary N) is 1. The van der Waals surface area contributed by atoms with Gasteiger partial charge in [-0.15, -0.1) is 12.4 Å². The summed E-state index contributed by atoms with van der Waals surface area (Å²) in [6.45, 7) is 1.42. The standard InChI is InChI=1S/C12H14FN3O3.ClH/c13-9-1-2-11(16(18)19)10(5-9)12(17)15-4-3-8(6-14)7-15;/h1-2,5,8H,3-4,6-7,14H2;1H. The third kappa shape index (κ3) is 3.23. The molecule has 1 atom stereocenters. The van der Waals surface area contributed by atoms with Gasteiger partial charge in [-0.25, -0.2) is 4.39 Å². The first kappa shape index (κ1) is 16.3. The van der Waals surface area contributed by atoms with Gasteiger partial charge in [0.15, 0.2) is 0 Å². The molecule has 1 aromatic rings. The van der Waals surface area contributed by atoms with Crippen molar-refractivity contribution in [3.63, 3.8) is 0 Å². The molecule has 1 amide bonds. The Morgan fingerprint density at radius 2 is 2.25 bits per heavy atom. The van der Waals surface area contributed by atoms with E-state index in [1.807, 2.05) is 0 Å². The van der Waals surface area contributed by atoms with Gasteiger partial charge in [-0.1, -0.05) is 0 Å². The van der Waals surface area contributed by atoms with Crippen LogP contribution < -0.4 is 5.73 Å². The second kappa shape index (κ2) is 6.62. The summed E-state index contributed by atoms with van der Waals surface area (Å²) in [5, 5.41) is 10.9. The van der Waals surface area contributed by atoms with Crippen molar-refractivity contribution in [2.24, 2.45) is 11.7 Å². The minimum atomic E-state index is -0.677. The Bertz CT molecular complexity index is 527. The topological polar surface area (TPSA) is 89.5 Å². The number of nitro groups is 1. The maximum Gasteiger partial charge on any atom is 0.282 e. The fraction of sp³-hybridized carbons (Fsp3) is 0.417. The van der Waals surface area contributed by atoms with Crippen LogP contribution in [0.1, 0.15) is 16.8 Å². The molecule has 0 aliphatic carbocycles. The van der Waals surface area contributed by atoms with Crippen LogP contribution in [0, 0.1) is 21.8 Å². The molecule has 20 heavy (non-hydrogen) atoms. The number of likely N-dealkylation sites (tertiary alicyclic amines) is 1. The number of halogens is 2. The second-order valence-electron chi connectivity index (χ2n) is 4.56. The van der Waals surface area contributed by atoms with Crippen molar-refractivity contribution in [2.45, 2.75) is 6.42 Å². The number of nitro benzene ring substituents is 1. The number of rotatable bonds is 3. The molecule has 1 heterocycles. The second-order valence-corrected chi connectivity index (χ2v) is 4.56. The zero-order chi connectivity index (χ0) is 14.0. The Morgan fingerprint density at radius 1 is 1.55 bits per heavy atom. The summed E-state index contributed by atoms with van der Waals surface area (Å²) in [4.78, 5) is 23.9. The average Bonchev–Trinajstić information content (AvgIpc) is 2.86. The molecule has 0 aromatic heterocycles. The number of hydrogen-bond acceptors (Lipinski definition) is 4. The number of carbonyl (C=O) groups excluding carboxylic acids is 1. The average molecular weight is 304 g/mol. The summed E-state index contributed by atoms with van der Waals surface area (Å²) in [7, 11) is 0. The molecule has 1 saturated heterocycles. The van der Waals surface area contributed by atoms with E-state index in [0.717, 1.165) is 24.6 Å². The lowest BCUT2D eigenvalue weighted by atomic mass is 10.1. The van der Waals surface area contributed by atoms with Crippen LogP contribution in [0.3, 0.4) is 0 Å². The molecule has 1 unspecified atom stereocenters. The summed E-state index contributed by atoms with van der Waals surface area (Å²) in [5.41, 5.74) is 4.95. The molecule has 0 bridgehead atoms. The van der Waals surface area contributed by atoms with Crippen molar-refractivity contribution < 1.29 is 14.1 Å². The van der Waals surface area contributed by atoms with Gasteiger partial charge in [-0.05, 0) is 31.0 Å². The van der Waals surface area contributed by atoms with Gasteiger partial charge in [-0.3, -0.25) is 14.9 Å². The van der Waals surface area contributed by atoms with Crippen LogP contribution in [0.4, 0.5) is 10.1 Å². The molecule has 1 aliphatic rings. The van der Waals surface area contributed by atoms with Gasteiger partial charge in [0, 0.05) is 19.2 Å². The van der Waals surface area contributed by atoms with Crippen molar-refractivity contribution in [3.05, 3.63) is 39.7 Å². The first-order valence-corrected chi connectivity index (χ1v) is 5.96. The SMILES string of the molecule is Cl.NCC1CCN(C(=O)c2cc(F)ccc2[N+](=O)[O-])C1. The van der Waals surface area contributed by atoms with Gasteiger partial charge in [0.2, 0.25) is 0 Å². The summed E-state index contributed by atoms with van der Waals surface area (Å²) >= 11 is 0. The van der Waals surface area contributed by atoms with E-state index in [-0.39, 0.29) is 29.6 Å². The lowest BCUT2D eigenvalue weighted by Gasteiger charge is -2.16. The number of hydrogen-bond donors (Lipinski definition) is 1. The minimum absolute atomic E-state index is 0. The third-order valence-electron chi connectivity index (χ3n) is 3.29. The molecule has 0 radical (unpaired) electrons. The molecule has 2 N–H and O–H groups in total. The van der Waals surface area contributed by atoms with Crippen molar-refractivity contribution in [3.8, 4) is 0 Å². The summed E-state index contributed by atoms with van der Waals surface area (Å²) in [6, 6.07) is 2.90. The normalized spacial score (nSPS) is 17.7. The first-order chi connectivity index (χ1) is 9.02. The van der Waals surface area contributed by atoms with E-state index in [1.165, 1.54) is 4.90 Å². The van der Waals surface area contributed by atoms with E-state index < -0.39 is 16.6 Å². The van der Waals surface area contributed by atoms with Gasteiger partial charge in [0.1, 0.15) is 11.4 Å². The summed E-state index contributed by atoms with van der Waals surface area (Å²) in [6.07, 6.45) is 0.769. The van der Waals surface area contributed by atoms with E-state index in [2.05, 4.69) is 0 Å². The zero-order valence-electron chi connectivity index (χ0n) is 10.6. The summed E-state index contributed by atoms with van der Waals surface area (Å²) in [5.74, 6) is -0.970. The molecule has 0 spiro atoms. The molecule has 1 fully saturated rings. The molecule has 2 rings (SSSR count). The van der Waals surface area contributed by atoms with Crippen LogP contribution in [-0.2, 0) is 0 Å². The predicted octanol–water partition coefficient (Wildman–Crippen LogP) is 1.58. The van der Waals surface area contributed by atoms with Crippen LogP contribution in [0.15, 0.2) is 18.2 Å². The van der Waals surface area contributed by atoms with Crippen LogP contribution in [-0.4, -0.2) is 35.4 Å². The van der Waals surface area contributed by atoms with Crippen molar-refractivity contribution in [1.82, 2.24) is 4.90 Å². The molecule has 0 saturated carbocycles. The van der Waals surface area contributed by atoms with Crippen LogP contribution in [0.2, 0.25) is 0 Å². The molecular formula is C12H15ClFN3O3. The van der Waals surface area contributed by atoms with Crippen LogP contribution in [0.25, 0.3) is 0 Å². The van der Waals surface area contributed by atoms with E-state index in [0.29, 0.717) is 19.6 Å². The highest BCUT2D eigenvalue weighted by Crippen LogP contribution is 2.24.